The van der Waals surface area contributed by atoms with Crippen LogP contribution in [0.4, 0.5) is 0 Å². The van der Waals surface area contributed by atoms with E-state index in [4.69, 9.17) is 0 Å². The number of carbonyl (C=O) groups excluding carboxylic acids is 1. The first kappa shape index (κ1) is 11.8. The Bertz CT molecular complexity index is 477. The summed E-state index contributed by atoms with van der Waals surface area (Å²) < 4.78 is 0. The lowest BCUT2D eigenvalue weighted by molar-refractivity contribution is -0.120. The van der Waals surface area contributed by atoms with E-state index >= 15 is 0 Å². The summed E-state index contributed by atoms with van der Waals surface area (Å²) in [6.07, 6.45) is 2.33. The molecule has 0 aliphatic heterocycles. The Morgan fingerprint density at radius 2 is 2.12 bits per heavy atom. The zero-order valence-electron chi connectivity index (χ0n) is 9.64. The van der Waals surface area contributed by atoms with E-state index in [1.807, 2.05) is 36.6 Å². The molecular formula is C13H14N2OS. The van der Waals surface area contributed by atoms with Crippen molar-refractivity contribution in [1.29, 1.82) is 0 Å². The number of nitrogens with zero attached hydrogens (tertiary/aromatic N) is 1. The average molecular weight is 246 g/mol. The van der Waals surface area contributed by atoms with Gasteiger partial charge in [-0.1, -0.05) is 31.2 Å². The van der Waals surface area contributed by atoms with Gasteiger partial charge in [0.2, 0.25) is 5.91 Å². The van der Waals surface area contributed by atoms with Gasteiger partial charge in [-0.3, -0.25) is 4.79 Å². The molecule has 0 unspecified atom stereocenters. The van der Waals surface area contributed by atoms with E-state index in [0.717, 1.165) is 16.1 Å². The van der Waals surface area contributed by atoms with Crippen LogP contribution in [0.25, 0.3) is 10.6 Å². The molecule has 1 aromatic heterocycles. The summed E-state index contributed by atoms with van der Waals surface area (Å²) in [5.74, 6) is 0.0778. The van der Waals surface area contributed by atoms with E-state index in [-0.39, 0.29) is 5.91 Å². The molecule has 0 bridgehead atoms. The molecule has 1 aromatic carbocycles. The molecule has 1 heterocycles. The second-order valence-electron chi connectivity index (χ2n) is 3.66. The van der Waals surface area contributed by atoms with Crippen molar-refractivity contribution in [3.8, 4) is 10.6 Å². The predicted molar refractivity (Wildman–Crippen MR) is 69.7 cm³/mol. The Kier molecular flexibility index (Phi) is 3.88. The van der Waals surface area contributed by atoms with Gasteiger partial charge in [0, 0.05) is 30.1 Å². The maximum atomic E-state index is 11.1. The Hall–Kier alpha value is -1.68. The minimum Gasteiger partial charge on any atom is -0.352 e. The highest BCUT2D eigenvalue weighted by Gasteiger charge is 2.01. The molecule has 1 amide bonds. The van der Waals surface area contributed by atoms with Gasteiger partial charge in [-0.25, -0.2) is 4.98 Å². The topological polar surface area (TPSA) is 42.0 Å². The summed E-state index contributed by atoms with van der Waals surface area (Å²) in [6.45, 7) is 2.44. The Balaban J connectivity index is 2.01. The largest absolute Gasteiger partial charge is 0.352 e. The first-order valence-corrected chi connectivity index (χ1v) is 6.43. The molecule has 0 aliphatic carbocycles. The van der Waals surface area contributed by atoms with Crippen LogP contribution in [-0.4, -0.2) is 10.9 Å². The normalized spacial score (nSPS) is 10.2. The van der Waals surface area contributed by atoms with Crippen LogP contribution >= 0.6 is 11.3 Å². The van der Waals surface area contributed by atoms with Crippen molar-refractivity contribution < 1.29 is 4.79 Å². The summed E-state index contributed by atoms with van der Waals surface area (Å²) in [5, 5.41) is 5.84. The smallest absolute Gasteiger partial charge is 0.219 e. The fraction of sp³-hybridized carbons (Fsp3) is 0.231. The number of carbonyl (C=O) groups is 1. The molecule has 2 rings (SSSR count). The van der Waals surface area contributed by atoms with Gasteiger partial charge in [-0.2, -0.15) is 0 Å². The number of nitrogens with one attached hydrogen (secondary N) is 1. The van der Waals surface area contributed by atoms with E-state index in [1.165, 1.54) is 0 Å². The zero-order chi connectivity index (χ0) is 12.1. The average Bonchev–Trinajstić information content (AvgIpc) is 2.90. The van der Waals surface area contributed by atoms with Crippen molar-refractivity contribution in [2.75, 3.05) is 0 Å². The van der Waals surface area contributed by atoms with Gasteiger partial charge in [0.25, 0.3) is 0 Å². The molecule has 0 saturated heterocycles. The van der Waals surface area contributed by atoms with E-state index in [2.05, 4.69) is 10.3 Å². The van der Waals surface area contributed by atoms with Gasteiger partial charge in [0.15, 0.2) is 0 Å². The van der Waals surface area contributed by atoms with Crippen molar-refractivity contribution in [3.05, 3.63) is 41.4 Å². The second kappa shape index (κ2) is 5.59. The Labute approximate surface area is 105 Å². The maximum absolute atomic E-state index is 11.1. The van der Waals surface area contributed by atoms with Crippen LogP contribution in [0.15, 0.2) is 35.8 Å². The highest BCUT2D eigenvalue weighted by molar-refractivity contribution is 7.13. The van der Waals surface area contributed by atoms with E-state index < -0.39 is 0 Å². The number of hydrogen-bond donors (Lipinski definition) is 1. The lowest BCUT2D eigenvalue weighted by atomic mass is 10.1. The molecule has 4 heteroatoms. The van der Waals surface area contributed by atoms with E-state index in [1.54, 1.807) is 17.5 Å². The molecule has 2 aromatic rings. The monoisotopic (exact) mass is 246 g/mol. The number of aromatic nitrogens is 1. The van der Waals surface area contributed by atoms with Crippen LogP contribution in [0, 0.1) is 0 Å². The summed E-state index contributed by atoms with van der Waals surface area (Å²) in [6, 6.07) is 8.11. The minimum atomic E-state index is 0.0778. The van der Waals surface area contributed by atoms with Crippen LogP contribution < -0.4 is 5.32 Å². The zero-order valence-corrected chi connectivity index (χ0v) is 10.5. The fourth-order valence-electron chi connectivity index (χ4n) is 1.46. The molecular weight excluding hydrogens is 232 g/mol. The lowest BCUT2D eigenvalue weighted by Gasteiger charge is -2.04. The number of thiazole rings is 1. The number of amides is 1. The Morgan fingerprint density at radius 1 is 1.35 bits per heavy atom. The van der Waals surface area contributed by atoms with Crippen LogP contribution in [0.1, 0.15) is 18.9 Å². The third kappa shape index (κ3) is 3.14. The van der Waals surface area contributed by atoms with Crippen LogP contribution in [-0.2, 0) is 11.3 Å². The third-order valence-electron chi connectivity index (χ3n) is 2.44. The minimum absolute atomic E-state index is 0.0778. The molecule has 88 valence electrons. The van der Waals surface area contributed by atoms with Crippen molar-refractivity contribution in [2.45, 2.75) is 19.9 Å². The van der Waals surface area contributed by atoms with Crippen LogP contribution in [0.3, 0.4) is 0 Å². The molecule has 3 nitrogen and oxygen atoms in total. The molecule has 17 heavy (non-hydrogen) atoms. The van der Waals surface area contributed by atoms with Gasteiger partial charge >= 0.3 is 0 Å². The summed E-state index contributed by atoms with van der Waals surface area (Å²) in [4.78, 5) is 15.4. The first-order chi connectivity index (χ1) is 8.29. The van der Waals surface area contributed by atoms with Crippen molar-refractivity contribution in [3.63, 3.8) is 0 Å². The fourth-order valence-corrected chi connectivity index (χ4v) is 2.10. The summed E-state index contributed by atoms with van der Waals surface area (Å²) in [7, 11) is 0. The third-order valence-corrected chi connectivity index (χ3v) is 3.27. The van der Waals surface area contributed by atoms with E-state index in [0.29, 0.717) is 13.0 Å². The molecule has 0 radical (unpaired) electrons. The highest BCUT2D eigenvalue weighted by atomic mass is 32.1. The van der Waals surface area contributed by atoms with Gasteiger partial charge in [0.05, 0.1) is 0 Å². The van der Waals surface area contributed by atoms with E-state index in [9.17, 15) is 4.79 Å². The van der Waals surface area contributed by atoms with Gasteiger partial charge in [0.1, 0.15) is 5.01 Å². The summed E-state index contributed by atoms with van der Waals surface area (Å²) in [5.41, 5.74) is 2.22. The molecule has 1 N–H and O–H groups in total. The maximum Gasteiger partial charge on any atom is 0.219 e. The lowest BCUT2D eigenvalue weighted by Crippen LogP contribution is -2.21. The van der Waals surface area contributed by atoms with Crippen molar-refractivity contribution in [2.24, 2.45) is 0 Å². The number of rotatable bonds is 4. The van der Waals surface area contributed by atoms with Crippen molar-refractivity contribution >= 4 is 17.2 Å². The van der Waals surface area contributed by atoms with Crippen LogP contribution in [0.5, 0.6) is 0 Å². The predicted octanol–water partition coefficient (Wildman–Crippen LogP) is 2.84. The van der Waals surface area contributed by atoms with Gasteiger partial charge in [-0.15, -0.1) is 11.3 Å². The van der Waals surface area contributed by atoms with Crippen LogP contribution in [0.2, 0.25) is 0 Å². The standard InChI is InChI=1S/C13H14N2OS/c1-2-12(16)15-9-10-3-5-11(6-4-10)13-14-7-8-17-13/h3-8H,2,9H2,1H3,(H,15,16). The number of hydrogen-bond acceptors (Lipinski definition) is 3. The molecule has 0 spiro atoms. The summed E-state index contributed by atoms with van der Waals surface area (Å²) >= 11 is 1.62. The Morgan fingerprint density at radius 3 is 2.71 bits per heavy atom. The highest BCUT2D eigenvalue weighted by Crippen LogP contribution is 2.21. The molecule has 0 aliphatic rings. The van der Waals surface area contributed by atoms with Gasteiger partial charge < -0.3 is 5.32 Å². The quantitative estimate of drug-likeness (QED) is 0.901. The molecule has 0 saturated carbocycles. The SMILES string of the molecule is CCC(=O)NCc1ccc(-c2nccs2)cc1. The number of benzene rings is 1. The van der Waals surface area contributed by atoms with Gasteiger partial charge in [-0.05, 0) is 5.56 Å². The second-order valence-corrected chi connectivity index (χ2v) is 4.56. The van der Waals surface area contributed by atoms with Crippen molar-refractivity contribution in [1.82, 2.24) is 10.3 Å². The molecule has 0 fully saturated rings. The first-order valence-electron chi connectivity index (χ1n) is 5.55. The molecule has 0 atom stereocenters.